The average Bonchev–Trinajstić information content (AvgIpc) is 2.42. The van der Waals surface area contributed by atoms with Crippen molar-refractivity contribution in [3.8, 4) is 5.75 Å². The van der Waals surface area contributed by atoms with Crippen LogP contribution in [-0.4, -0.2) is 26.7 Å². The van der Waals surface area contributed by atoms with Crippen molar-refractivity contribution in [2.45, 2.75) is 25.8 Å². The Morgan fingerprint density at radius 1 is 1.39 bits per heavy atom. The fraction of sp³-hybridized carbons (Fsp3) is 0.500. The Morgan fingerprint density at radius 3 is 2.78 bits per heavy atom. The summed E-state index contributed by atoms with van der Waals surface area (Å²) in [5.74, 6) is 0.666. The van der Waals surface area contributed by atoms with E-state index < -0.39 is 0 Å². The minimum atomic E-state index is -0.199. The van der Waals surface area contributed by atoms with Crippen LogP contribution in [0.4, 0.5) is 0 Å². The third-order valence-corrected chi connectivity index (χ3v) is 2.83. The molecule has 100 valence electrons. The van der Waals surface area contributed by atoms with Gasteiger partial charge in [-0.1, -0.05) is 18.2 Å². The highest BCUT2D eigenvalue weighted by atomic mass is 16.5. The minimum absolute atomic E-state index is 0.199. The zero-order valence-corrected chi connectivity index (χ0v) is 11.2. The van der Waals surface area contributed by atoms with Gasteiger partial charge in [-0.15, -0.1) is 0 Å². The van der Waals surface area contributed by atoms with Gasteiger partial charge in [-0.05, 0) is 26.5 Å². The molecular weight excluding hydrogens is 230 g/mol. The standard InChI is InChI=1S/C14H21NO3/c1-11(15-2)12-7-4-5-8-13(12)18-10-6-9-14(16)17-3/h4-5,7-8,11,15H,6,9-10H2,1-3H3. The molecule has 4 heteroatoms. The van der Waals surface area contributed by atoms with Gasteiger partial charge in [0.25, 0.3) is 0 Å². The number of methoxy groups -OCH3 is 1. The first-order valence-electron chi connectivity index (χ1n) is 6.14. The van der Waals surface area contributed by atoms with Crippen molar-refractivity contribution in [2.24, 2.45) is 0 Å². The molecule has 0 saturated heterocycles. The van der Waals surface area contributed by atoms with E-state index in [1.165, 1.54) is 7.11 Å². The van der Waals surface area contributed by atoms with Crippen LogP contribution < -0.4 is 10.1 Å². The molecule has 4 nitrogen and oxygen atoms in total. The van der Waals surface area contributed by atoms with Crippen molar-refractivity contribution in [3.05, 3.63) is 29.8 Å². The summed E-state index contributed by atoms with van der Waals surface area (Å²) < 4.78 is 10.3. The predicted octanol–water partition coefficient (Wildman–Crippen LogP) is 2.30. The van der Waals surface area contributed by atoms with Gasteiger partial charge in [-0.25, -0.2) is 0 Å². The molecule has 1 atom stereocenters. The molecule has 1 aromatic rings. The first-order valence-corrected chi connectivity index (χ1v) is 6.14. The SMILES string of the molecule is CNC(C)c1ccccc1OCCCC(=O)OC. The van der Waals surface area contributed by atoms with Gasteiger partial charge in [0.2, 0.25) is 0 Å². The largest absolute Gasteiger partial charge is 0.493 e. The molecule has 18 heavy (non-hydrogen) atoms. The third-order valence-electron chi connectivity index (χ3n) is 2.83. The normalized spacial score (nSPS) is 11.9. The molecule has 0 aliphatic heterocycles. The monoisotopic (exact) mass is 251 g/mol. The van der Waals surface area contributed by atoms with Crippen molar-refractivity contribution < 1.29 is 14.3 Å². The smallest absolute Gasteiger partial charge is 0.305 e. The molecule has 0 spiro atoms. The summed E-state index contributed by atoms with van der Waals surface area (Å²) in [6.07, 6.45) is 1.05. The Morgan fingerprint density at radius 2 is 2.11 bits per heavy atom. The second-order valence-corrected chi connectivity index (χ2v) is 4.08. The molecular formula is C14H21NO3. The van der Waals surface area contributed by atoms with Crippen molar-refractivity contribution in [1.82, 2.24) is 5.32 Å². The van der Waals surface area contributed by atoms with Gasteiger partial charge >= 0.3 is 5.97 Å². The van der Waals surface area contributed by atoms with Gasteiger partial charge < -0.3 is 14.8 Å². The molecule has 0 fully saturated rings. The van der Waals surface area contributed by atoms with Crippen LogP contribution in [-0.2, 0) is 9.53 Å². The summed E-state index contributed by atoms with van der Waals surface area (Å²) in [5, 5.41) is 3.19. The summed E-state index contributed by atoms with van der Waals surface area (Å²) in [6.45, 7) is 2.60. The van der Waals surface area contributed by atoms with Crippen molar-refractivity contribution in [2.75, 3.05) is 20.8 Å². The number of carbonyl (C=O) groups excluding carboxylic acids is 1. The number of benzene rings is 1. The maximum atomic E-state index is 11.0. The van der Waals surface area contributed by atoms with E-state index in [2.05, 4.69) is 17.0 Å². The quantitative estimate of drug-likeness (QED) is 0.596. The van der Waals surface area contributed by atoms with E-state index in [4.69, 9.17) is 4.74 Å². The van der Waals surface area contributed by atoms with Crippen LogP contribution in [0.15, 0.2) is 24.3 Å². The topological polar surface area (TPSA) is 47.6 Å². The molecule has 0 aliphatic rings. The van der Waals surface area contributed by atoms with Gasteiger partial charge in [0.05, 0.1) is 13.7 Å². The van der Waals surface area contributed by atoms with Crippen molar-refractivity contribution in [3.63, 3.8) is 0 Å². The Bertz CT molecular complexity index is 379. The fourth-order valence-electron chi connectivity index (χ4n) is 1.63. The van der Waals surface area contributed by atoms with E-state index in [0.29, 0.717) is 19.4 Å². The summed E-state index contributed by atoms with van der Waals surface area (Å²) in [5.41, 5.74) is 1.12. The summed E-state index contributed by atoms with van der Waals surface area (Å²) in [6, 6.07) is 8.16. The van der Waals surface area contributed by atoms with E-state index in [0.717, 1.165) is 11.3 Å². The number of rotatable bonds is 7. The number of nitrogens with one attached hydrogen (secondary N) is 1. The van der Waals surface area contributed by atoms with Crippen LogP contribution in [0.2, 0.25) is 0 Å². The predicted molar refractivity (Wildman–Crippen MR) is 70.7 cm³/mol. The highest BCUT2D eigenvalue weighted by molar-refractivity contribution is 5.69. The number of hydrogen-bond acceptors (Lipinski definition) is 4. The number of para-hydroxylation sites is 1. The maximum absolute atomic E-state index is 11.0. The van der Waals surface area contributed by atoms with E-state index in [9.17, 15) is 4.79 Å². The van der Waals surface area contributed by atoms with Gasteiger partial charge in [0, 0.05) is 18.0 Å². The highest BCUT2D eigenvalue weighted by Crippen LogP contribution is 2.24. The molecule has 0 aromatic heterocycles. The summed E-state index contributed by atoms with van der Waals surface area (Å²) in [4.78, 5) is 11.0. The Balaban J connectivity index is 2.49. The van der Waals surface area contributed by atoms with Crippen LogP contribution in [0.5, 0.6) is 5.75 Å². The van der Waals surface area contributed by atoms with Gasteiger partial charge in [-0.2, -0.15) is 0 Å². The third kappa shape index (κ3) is 4.37. The van der Waals surface area contributed by atoms with Crippen LogP contribution in [0.3, 0.4) is 0 Å². The molecule has 0 radical (unpaired) electrons. The first kappa shape index (κ1) is 14.5. The van der Waals surface area contributed by atoms with Crippen LogP contribution in [0.1, 0.15) is 31.4 Å². The van der Waals surface area contributed by atoms with Gasteiger partial charge in [0.1, 0.15) is 5.75 Å². The minimum Gasteiger partial charge on any atom is -0.493 e. The Hall–Kier alpha value is -1.55. The average molecular weight is 251 g/mol. The first-order chi connectivity index (χ1) is 8.69. The number of ether oxygens (including phenoxy) is 2. The molecule has 1 aromatic carbocycles. The zero-order valence-electron chi connectivity index (χ0n) is 11.2. The second-order valence-electron chi connectivity index (χ2n) is 4.08. The molecule has 0 heterocycles. The maximum Gasteiger partial charge on any atom is 0.305 e. The van der Waals surface area contributed by atoms with E-state index in [-0.39, 0.29) is 12.0 Å². The van der Waals surface area contributed by atoms with Gasteiger partial charge in [-0.3, -0.25) is 4.79 Å². The van der Waals surface area contributed by atoms with E-state index in [1.54, 1.807) is 0 Å². The number of esters is 1. The molecule has 0 bridgehead atoms. The molecule has 0 aliphatic carbocycles. The Labute approximate surface area is 108 Å². The summed E-state index contributed by atoms with van der Waals surface area (Å²) in [7, 11) is 3.31. The Kier molecular flexibility index (Phi) is 6.22. The number of carbonyl (C=O) groups is 1. The van der Waals surface area contributed by atoms with Crippen molar-refractivity contribution >= 4 is 5.97 Å². The molecule has 1 unspecified atom stereocenters. The van der Waals surface area contributed by atoms with Gasteiger partial charge in [0.15, 0.2) is 0 Å². The zero-order chi connectivity index (χ0) is 13.4. The molecule has 0 saturated carbocycles. The lowest BCUT2D eigenvalue weighted by molar-refractivity contribution is -0.140. The lowest BCUT2D eigenvalue weighted by atomic mass is 10.1. The van der Waals surface area contributed by atoms with Crippen LogP contribution in [0, 0.1) is 0 Å². The fourth-order valence-corrected chi connectivity index (χ4v) is 1.63. The number of hydrogen-bond donors (Lipinski definition) is 1. The summed E-state index contributed by atoms with van der Waals surface area (Å²) >= 11 is 0. The van der Waals surface area contributed by atoms with Crippen LogP contribution in [0.25, 0.3) is 0 Å². The van der Waals surface area contributed by atoms with E-state index in [1.807, 2.05) is 31.3 Å². The molecule has 0 amide bonds. The lowest BCUT2D eigenvalue weighted by Crippen LogP contribution is -2.14. The molecule has 1 rings (SSSR count). The van der Waals surface area contributed by atoms with Crippen molar-refractivity contribution in [1.29, 1.82) is 0 Å². The lowest BCUT2D eigenvalue weighted by Gasteiger charge is -2.16. The highest BCUT2D eigenvalue weighted by Gasteiger charge is 2.09. The second kappa shape index (κ2) is 7.71. The van der Waals surface area contributed by atoms with E-state index >= 15 is 0 Å². The van der Waals surface area contributed by atoms with Crippen LogP contribution >= 0.6 is 0 Å². The molecule has 1 N–H and O–H groups in total.